The smallest absolute Gasteiger partial charge is 0.309 e. The first-order valence-electron chi connectivity index (χ1n) is 10.5. The van der Waals surface area contributed by atoms with Crippen molar-refractivity contribution in [3.05, 3.63) is 93.2 Å². The Morgan fingerprint density at radius 1 is 1.00 bits per heavy atom. The largest absolute Gasteiger partial charge is 0.346 e. The summed E-state index contributed by atoms with van der Waals surface area (Å²) < 4.78 is 0. The molecule has 31 heavy (non-hydrogen) atoms. The second kappa shape index (κ2) is 9.90. The summed E-state index contributed by atoms with van der Waals surface area (Å²) in [6.07, 6.45) is 0.988. The minimum Gasteiger partial charge on any atom is -0.346 e. The van der Waals surface area contributed by atoms with Gasteiger partial charge >= 0.3 is 11.8 Å². The molecule has 160 valence electrons. The number of carbonyl (C=O) groups excluding carboxylic acids is 2. The van der Waals surface area contributed by atoms with Crippen LogP contribution in [0.25, 0.3) is 0 Å². The normalized spacial score (nSPS) is 14.5. The molecule has 1 aromatic heterocycles. The van der Waals surface area contributed by atoms with E-state index >= 15 is 0 Å². The zero-order valence-electron chi connectivity index (χ0n) is 17.6. The molecule has 1 aliphatic heterocycles. The Kier molecular flexibility index (Phi) is 6.79. The van der Waals surface area contributed by atoms with Crippen molar-refractivity contribution >= 4 is 23.2 Å². The van der Waals surface area contributed by atoms with E-state index in [1.807, 2.05) is 31.2 Å². The number of benzene rings is 2. The summed E-state index contributed by atoms with van der Waals surface area (Å²) in [6.45, 7) is 4.51. The molecule has 3 aromatic rings. The Balaban J connectivity index is 1.36. The van der Waals surface area contributed by atoms with E-state index in [4.69, 9.17) is 0 Å². The minimum absolute atomic E-state index is 0.0356. The van der Waals surface area contributed by atoms with Crippen LogP contribution in [0.1, 0.15) is 33.9 Å². The third kappa shape index (κ3) is 5.40. The summed E-state index contributed by atoms with van der Waals surface area (Å²) in [4.78, 5) is 27.1. The second-order valence-electron chi connectivity index (χ2n) is 7.94. The summed E-state index contributed by atoms with van der Waals surface area (Å²) in [6, 6.07) is 18.5. The highest BCUT2D eigenvalue weighted by atomic mass is 32.1. The summed E-state index contributed by atoms with van der Waals surface area (Å²) in [7, 11) is 0. The number of nitrogens with one attached hydrogen (secondary N) is 2. The summed E-state index contributed by atoms with van der Waals surface area (Å²) >= 11 is 1.65. The van der Waals surface area contributed by atoms with Crippen molar-refractivity contribution in [2.24, 2.45) is 0 Å². The van der Waals surface area contributed by atoms with E-state index in [0.29, 0.717) is 13.1 Å². The number of rotatable bonds is 6. The lowest BCUT2D eigenvalue weighted by atomic mass is 9.97. The number of amides is 2. The molecule has 1 atom stereocenters. The molecule has 0 bridgehead atoms. The topological polar surface area (TPSA) is 61.4 Å². The molecule has 1 aliphatic rings. The molecule has 0 radical (unpaired) electrons. The fraction of sp³-hybridized carbons (Fsp3) is 0.280. The lowest BCUT2D eigenvalue weighted by molar-refractivity contribution is -0.139. The van der Waals surface area contributed by atoms with E-state index in [-0.39, 0.29) is 6.04 Å². The van der Waals surface area contributed by atoms with Gasteiger partial charge in [-0.05, 0) is 52.4 Å². The zero-order valence-corrected chi connectivity index (χ0v) is 18.5. The lowest BCUT2D eigenvalue weighted by Gasteiger charge is -2.35. The lowest BCUT2D eigenvalue weighted by Crippen LogP contribution is -2.45. The van der Waals surface area contributed by atoms with Crippen molar-refractivity contribution in [2.75, 3.05) is 13.1 Å². The highest BCUT2D eigenvalue weighted by Gasteiger charge is 2.26. The van der Waals surface area contributed by atoms with E-state index in [1.54, 1.807) is 11.3 Å². The van der Waals surface area contributed by atoms with Crippen molar-refractivity contribution in [1.29, 1.82) is 0 Å². The van der Waals surface area contributed by atoms with Gasteiger partial charge < -0.3 is 10.6 Å². The quantitative estimate of drug-likeness (QED) is 0.584. The fourth-order valence-electron chi connectivity index (χ4n) is 3.94. The van der Waals surface area contributed by atoms with Gasteiger partial charge in [0, 0.05) is 26.2 Å². The third-order valence-electron chi connectivity index (χ3n) is 5.76. The molecule has 0 saturated carbocycles. The van der Waals surface area contributed by atoms with Gasteiger partial charge in [0.2, 0.25) is 0 Å². The molecule has 2 amide bonds. The maximum Gasteiger partial charge on any atom is 0.309 e. The Morgan fingerprint density at radius 3 is 2.48 bits per heavy atom. The molecule has 0 saturated heterocycles. The number of hydrogen-bond donors (Lipinski definition) is 2. The van der Waals surface area contributed by atoms with Gasteiger partial charge in [-0.15, -0.1) is 0 Å². The van der Waals surface area contributed by atoms with Crippen LogP contribution in [0.3, 0.4) is 0 Å². The highest BCUT2D eigenvalue weighted by molar-refractivity contribution is 7.08. The minimum atomic E-state index is -0.603. The van der Waals surface area contributed by atoms with Crippen molar-refractivity contribution in [2.45, 2.75) is 32.5 Å². The van der Waals surface area contributed by atoms with Crippen LogP contribution in [0.5, 0.6) is 0 Å². The van der Waals surface area contributed by atoms with Gasteiger partial charge in [-0.3, -0.25) is 14.5 Å². The van der Waals surface area contributed by atoms with Gasteiger partial charge in [-0.25, -0.2) is 0 Å². The molecule has 5 nitrogen and oxygen atoms in total. The van der Waals surface area contributed by atoms with E-state index in [1.165, 1.54) is 16.7 Å². The summed E-state index contributed by atoms with van der Waals surface area (Å²) in [5.41, 5.74) is 6.02. The molecular formula is C25H27N3O2S. The molecule has 2 aromatic carbocycles. The average Bonchev–Trinajstić information content (AvgIpc) is 3.33. The highest BCUT2D eigenvalue weighted by Crippen LogP contribution is 2.28. The van der Waals surface area contributed by atoms with Gasteiger partial charge in [0.1, 0.15) is 0 Å². The maximum absolute atomic E-state index is 12.4. The Morgan fingerprint density at radius 2 is 1.74 bits per heavy atom. The Bertz CT molecular complexity index is 1030. The first kappa shape index (κ1) is 21.3. The molecule has 0 spiro atoms. The molecule has 0 aliphatic carbocycles. The standard InChI is InChI=1S/C25H27N3O2S/c1-18-6-8-19(9-7-18)14-26-24(29)25(30)27-15-23(22-11-13-31-17-22)28-12-10-20-4-2-3-5-21(20)16-28/h2-9,11,13,17,23H,10,12,14-16H2,1H3,(H,26,29)(H,27,30). The number of fused-ring (bicyclic) bond motifs is 1. The van der Waals surface area contributed by atoms with Crippen LogP contribution in [0.15, 0.2) is 65.4 Å². The van der Waals surface area contributed by atoms with Crippen LogP contribution in [0.2, 0.25) is 0 Å². The van der Waals surface area contributed by atoms with Crippen LogP contribution >= 0.6 is 11.3 Å². The SMILES string of the molecule is Cc1ccc(CNC(=O)C(=O)NCC(c2ccsc2)N2CCc3ccccc3C2)cc1. The monoisotopic (exact) mass is 433 g/mol. The molecule has 6 heteroatoms. The van der Waals surface area contributed by atoms with Gasteiger partial charge in [0.15, 0.2) is 0 Å². The van der Waals surface area contributed by atoms with Crippen molar-refractivity contribution in [1.82, 2.24) is 15.5 Å². The number of nitrogens with zero attached hydrogens (tertiary/aromatic N) is 1. The second-order valence-corrected chi connectivity index (χ2v) is 8.72. The van der Waals surface area contributed by atoms with E-state index < -0.39 is 11.8 Å². The van der Waals surface area contributed by atoms with Crippen LogP contribution in [0, 0.1) is 6.92 Å². The van der Waals surface area contributed by atoms with Crippen molar-refractivity contribution in [3.8, 4) is 0 Å². The van der Waals surface area contributed by atoms with Gasteiger partial charge in [0.05, 0.1) is 6.04 Å². The van der Waals surface area contributed by atoms with E-state index in [0.717, 1.165) is 30.6 Å². The molecule has 2 N–H and O–H groups in total. The Labute approximate surface area is 187 Å². The number of aryl methyl sites for hydroxylation is 1. The molecule has 1 unspecified atom stereocenters. The van der Waals surface area contributed by atoms with Crippen molar-refractivity contribution in [3.63, 3.8) is 0 Å². The van der Waals surface area contributed by atoms with E-state index in [9.17, 15) is 9.59 Å². The first-order valence-corrected chi connectivity index (χ1v) is 11.5. The predicted octanol–water partition coefficient (Wildman–Crippen LogP) is 3.59. The molecule has 2 heterocycles. The molecule has 4 rings (SSSR count). The number of carbonyl (C=O) groups is 2. The van der Waals surface area contributed by atoms with E-state index in [2.05, 4.69) is 56.6 Å². The molecule has 0 fully saturated rings. The van der Waals surface area contributed by atoms with Gasteiger partial charge in [0.25, 0.3) is 0 Å². The average molecular weight is 434 g/mol. The van der Waals surface area contributed by atoms with Crippen LogP contribution < -0.4 is 10.6 Å². The van der Waals surface area contributed by atoms with Crippen LogP contribution in [-0.4, -0.2) is 29.8 Å². The predicted molar refractivity (Wildman–Crippen MR) is 124 cm³/mol. The van der Waals surface area contributed by atoms with Crippen LogP contribution in [-0.2, 0) is 29.1 Å². The number of thiophene rings is 1. The molecular weight excluding hydrogens is 406 g/mol. The van der Waals surface area contributed by atoms with Crippen LogP contribution in [0.4, 0.5) is 0 Å². The Hall–Kier alpha value is -2.96. The number of hydrogen-bond acceptors (Lipinski definition) is 4. The maximum atomic E-state index is 12.4. The summed E-state index contributed by atoms with van der Waals surface area (Å²) in [5, 5.41) is 9.73. The van der Waals surface area contributed by atoms with Gasteiger partial charge in [-0.1, -0.05) is 54.1 Å². The first-order chi connectivity index (χ1) is 15.1. The summed E-state index contributed by atoms with van der Waals surface area (Å²) in [5.74, 6) is -1.20. The van der Waals surface area contributed by atoms with Crippen molar-refractivity contribution < 1.29 is 9.59 Å². The fourth-order valence-corrected chi connectivity index (χ4v) is 4.65. The zero-order chi connectivity index (χ0) is 21.6. The third-order valence-corrected chi connectivity index (χ3v) is 6.47. The van der Waals surface area contributed by atoms with Gasteiger partial charge in [-0.2, -0.15) is 11.3 Å².